The number of aliphatic carboxylic acids is 1. The first kappa shape index (κ1) is 17.5. The number of hydrogen-bond donors (Lipinski definition) is 1. The van der Waals surface area contributed by atoms with E-state index < -0.39 is 11.4 Å². The maximum absolute atomic E-state index is 12.7. The molecule has 0 aromatic heterocycles. The number of halogens is 1. The molecule has 1 saturated heterocycles. The second kappa shape index (κ2) is 6.89. The third-order valence-electron chi connectivity index (χ3n) is 4.93. The van der Waals surface area contributed by atoms with Crippen LogP contribution in [-0.4, -0.2) is 35.0 Å². The number of carboxylic acids is 1. The molecule has 130 valence electrons. The highest BCUT2D eigenvalue weighted by atomic mass is 35.5. The molecule has 3 rings (SSSR count). The Kier molecular flexibility index (Phi) is 4.82. The smallest absolute Gasteiger partial charge is 0.314 e. The molecule has 0 spiro atoms. The van der Waals surface area contributed by atoms with Gasteiger partial charge in [-0.05, 0) is 49.1 Å². The Balaban J connectivity index is 1.80. The van der Waals surface area contributed by atoms with E-state index in [4.69, 9.17) is 11.6 Å². The molecule has 1 fully saturated rings. The number of amides is 1. The van der Waals surface area contributed by atoms with Crippen molar-refractivity contribution in [3.63, 3.8) is 0 Å². The van der Waals surface area contributed by atoms with Gasteiger partial charge in [0.1, 0.15) is 0 Å². The van der Waals surface area contributed by atoms with Gasteiger partial charge in [0.2, 0.25) is 0 Å². The summed E-state index contributed by atoms with van der Waals surface area (Å²) in [6.45, 7) is 2.71. The van der Waals surface area contributed by atoms with Gasteiger partial charge in [0, 0.05) is 23.7 Å². The molecule has 5 heteroatoms. The molecule has 0 bridgehead atoms. The van der Waals surface area contributed by atoms with E-state index in [1.165, 1.54) is 0 Å². The molecule has 0 atom stereocenters. The van der Waals surface area contributed by atoms with Crippen LogP contribution in [0.2, 0.25) is 5.02 Å². The van der Waals surface area contributed by atoms with Crippen LogP contribution in [0.15, 0.2) is 48.5 Å². The van der Waals surface area contributed by atoms with Gasteiger partial charge in [-0.3, -0.25) is 9.59 Å². The second-order valence-corrected chi connectivity index (χ2v) is 7.00. The zero-order valence-electron chi connectivity index (χ0n) is 14.0. The summed E-state index contributed by atoms with van der Waals surface area (Å²) in [5.74, 6) is -0.929. The molecule has 0 radical (unpaired) electrons. The first-order chi connectivity index (χ1) is 11.9. The van der Waals surface area contributed by atoms with Crippen molar-refractivity contribution in [2.24, 2.45) is 0 Å². The molecule has 2 aromatic rings. The summed E-state index contributed by atoms with van der Waals surface area (Å²) in [7, 11) is 0. The summed E-state index contributed by atoms with van der Waals surface area (Å²) in [6.07, 6.45) is 0.801. The molecule has 0 aliphatic carbocycles. The van der Waals surface area contributed by atoms with Gasteiger partial charge in [0.25, 0.3) is 5.91 Å². The Labute approximate surface area is 152 Å². The number of carbonyl (C=O) groups excluding carboxylic acids is 1. The topological polar surface area (TPSA) is 57.6 Å². The lowest BCUT2D eigenvalue weighted by Crippen LogP contribution is -2.49. The number of aryl methyl sites for hydroxylation is 1. The lowest BCUT2D eigenvalue weighted by Gasteiger charge is -2.39. The first-order valence-corrected chi connectivity index (χ1v) is 8.65. The van der Waals surface area contributed by atoms with Gasteiger partial charge in [-0.1, -0.05) is 41.9 Å². The van der Waals surface area contributed by atoms with Crippen molar-refractivity contribution in [2.45, 2.75) is 25.2 Å². The fraction of sp³-hybridized carbons (Fsp3) is 0.300. The summed E-state index contributed by atoms with van der Waals surface area (Å²) in [5.41, 5.74) is 1.35. The monoisotopic (exact) mass is 357 g/mol. The lowest BCUT2D eigenvalue weighted by atomic mass is 9.72. The lowest BCUT2D eigenvalue weighted by molar-refractivity contribution is -0.145. The summed E-state index contributed by atoms with van der Waals surface area (Å²) in [4.78, 5) is 26.5. The Bertz CT molecular complexity index is 776. The zero-order chi connectivity index (χ0) is 18.0. The Hall–Kier alpha value is -2.33. The number of benzene rings is 2. The highest BCUT2D eigenvalue weighted by Crippen LogP contribution is 2.36. The number of carboxylic acid groups (broad SMARTS) is 1. The van der Waals surface area contributed by atoms with Gasteiger partial charge in [-0.25, -0.2) is 0 Å². The van der Waals surface area contributed by atoms with Crippen LogP contribution in [0.25, 0.3) is 0 Å². The molecular weight excluding hydrogens is 338 g/mol. The molecule has 4 nitrogen and oxygen atoms in total. The van der Waals surface area contributed by atoms with E-state index in [2.05, 4.69) is 0 Å². The highest BCUT2D eigenvalue weighted by molar-refractivity contribution is 6.31. The van der Waals surface area contributed by atoms with Gasteiger partial charge in [-0.15, -0.1) is 0 Å². The quantitative estimate of drug-likeness (QED) is 0.906. The summed E-state index contributed by atoms with van der Waals surface area (Å²) in [6, 6.07) is 14.6. The Morgan fingerprint density at radius 2 is 1.72 bits per heavy atom. The molecule has 0 saturated carbocycles. The van der Waals surface area contributed by atoms with Crippen LogP contribution < -0.4 is 0 Å². The number of piperidine rings is 1. The van der Waals surface area contributed by atoms with Crippen LogP contribution in [0.1, 0.15) is 34.3 Å². The van der Waals surface area contributed by atoms with E-state index in [-0.39, 0.29) is 5.91 Å². The molecule has 1 amide bonds. The minimum Gasteiger partial charge on any atom is -0.481 e. The van der Waals surface area contributed by atoms with E-state index >= 15 is 0 Å². The van der Waals surface area contributed by atoms with Crippen LogP contribution in [0, 0.1) is 6.92 Å². The number of nitrogens with zero attached hydrogens (tertiary/aromatic N) is 1. The fourth-order valence-electron chi connectivity index (χ4n) is 3.52. The molecule has 25 heavy (non-hydrogen) atoms. The van der Waals surface area contributed by atoms with E-state index in [0.29, 0.717) is 36.5 Å². The number of carbonyl (C=O) groups is 2. The molecule has 1 aliphatic rings. The Morgan fingerprint density at radius 1 is 1.08 bits per heavy atom. The van der Waals surface area contributed by atoms with Gasteiger partial charge in [-0.2, -0.15) is 0 Å². The summed E-state index contributed by atoms with van der Waals surface area (Å²) < 4.78 is 0. The van der Waals surface area contributed by atoms with E-state index in [0.717, 1.165) is 11.1 Å². The maximum Gasteiger partial charge on any atom is 0.314 e. The van der Waals surface area contributed by atoms with Crippen LogP contribution >= 0.6 is 11.6 Å². The summed E-state index contributed by atoms with van der Waals surface area (Å²) >= 11 is 6.05. The first-order valence-electron chi connectivity index (χ1n) is 8.28. The van der Waals surface area contributed by atoms with E-state index in [9.17, 15) is 14.7 Å². The second-order valence-electron chi connectivity index (χ2n) is 6.56. The molecule has 1 heterocycles. The molecule has 1 N–H and O–H groups in total. The van der Waals surface area contributed by atoms with Gasteiger partial charge in [0.05, 0.1) is 5.41 Å². The third-order valence-corrected chi connectivity index (χ3v) is 5.15. The van der Waals surface area contributed by atoms with Gasteiger partial charge in [0.15, 0.2) is 0 Å². The average Bonchev–Trinajstić information content (AvgIpc) is 2.61. The van der Waals surface area contributed by atoms with Gasteiger partial charge >= 0.3 is 5.97 Å². The number of hydrogen-bond acceptors (Lipinski definition) is 2. The average molecular weight is 358 g/mol. The number of rotatable bonds is 3. The van der Waals surface area contributed by atoms with Crippen LogP contribution in [0.3, 0.4) is 0 Å². The van der Waals surface area contributed by atoms with Crippen molar-refractivity contribution >= 4 is 23.5 Å². The van der Waals surface area contributed by atoms with Crippen molar-refractivity contribution in [3.8, 4) is 0 Å². The van der Waals surface area contributed by atoms with Crippen molar-refractivity contribution in [1.82, 2.24) is 4.90 Å². The minimum absolute atomic E-state index is 0.0994. The minimum atomic E-state index is -0.928. The predicted molar refractivity (Wildman–Crippen MR) is 97.1 cm³/mol. The standard InChI is InChI=1S/C20H20ClNO3/c1-14-11-15(13-17(21)12-14)18(23)22-9-7-20(8-10-22,19(24)25)16-5-3-2-4-6-16/h2-6,11-13H,7-10H2,1H3,(H,24,25). The van der Waals surface area contributed by atoms with Crippen LogP contribution in [0.5, 0.6) is 0 Å². The highest BCUT2D eigenvalue weighted by Gasteiger charge is 2.43. The van der Waals surface area contributed by atoms with Crippen molar-refractivity contribution < 1.29 is 14.7 Å². The normalized spacial score (nSPS) is 16.5. The molecular formula is C20H20ClNO3. The van der Waals surface area contributed by atoms with Gasteiger partial charge < -0.3 is 10.0 Å². The number of likely N-dealkylation sites (tertiary alicyclic amines) is 1. The third kappa shape index (κ3) is 3.40. The largest absolute Gasteiger partial charge is 0.481 e. The van der Waals surface area contributed by atoms with Crippen molar-refractivity contribution in [2.75, 3.05) is 13.1 Å². The fourth-order valence-corrected chi connectivity index (χ4v) is 3.81. The molecule has 1 aliphatic heterocycles. The SMILES string of the molecule is Cc1cc(Cl)cc(C(=O)N2CCC(C(=O)O)(c3ccccc3)CC2)c1. The van der Waals surface area contributed by atoms with Crippen molar-refractivity contribution in [1.29, 1.82) is 0 Å². The summed E-state index contributed by atoms with van der Waals surface area (Å²) in [5, 5.41) is 10.4. The predicted octanol–water partition coefficient (Wildman–Crippen LogP) is 3.91. The van der Waals surface area contributed by atoms with Crippen LogP contribution in [0.4, 0.5) is 0 Å². The van der Waals surface area contributed by atoms with Crippen LogP contribution in [-0.2, 0) is 10.2 Å². The molecule has 0 unspecified atom stereocenters. The van der Waals surface area contributed by atoms with E-state index in [1.54, 1.807) is 17.0 Å². The Morgan fingerprint density at radius 3 is 2.28 bits per heavy atom. The maximum atomic E-state index is 12.7. The van der Waals surface area contributed by atoms with E-state index in [1.807, 2.05) is 43.3 Å². The molecule has 2 aromatic carbocycles. The van der Waals surface area contributed by atoms with Crippen molar-refractivity contribution in [3.05, 3.63) is 70.2 Å². The zero-order valence-corrected chi connectivity index (χ0v) is 14.8.